The van der Waals surface area contributed by atoms with Gasteiger partial charge >= 0.3 is 5.97 Å². The number of hydrogen-bond donors (Lipinski definition) is 0. The van der Waals surface area contributed by atoms with Crippen molar-refractivity contribution in [1.82, 2.24) is 89.1 Å². The van der Waals surface area contributed by atoms with Gasteiger partial charge in [0.2, 0.25) is 5.82 Å². The molecule has 0 bridgehead atoms. The zero-order valence-corrected chi connectivity index (χ0v) is 92.9. The summed E-state index contributed by atoms with van der Waals surface area (Å²) in [5, 5.41) is 59.8. The van der Waals surface area contributed by atoms with Crippen molar-refractivity contribution in [3.05, 3.63) is 255 Å². The number of pyridine rings is 1. The zero-order valence-electron chi connectivity index (χ0n) is 92.9. The number of fused-ring (bicyclic) bond motifs is 5. The maximum Gasteiger partial charge on any atom is 0.359 e. The fourth-order valence-corrected chi connectivity index (χ4v) is 24.2. The van der Waals surface area contributed by atoms with Gasteiger partial charge in [-0.2, -0.15) is 38.5 Å². The van der Waals surface area contributed by atoms with E-state index >= 15 is 0 Å². The number of unbranched alkanes of at least 4 members (excludes halogenated alkanes) is 1. The standard InChI is InChI=1S/C35H37N5O.C34H43N5O2.C28H32N6.C26H36N6O2/c1-22-24(21-27-31-29(22)35(4,5)17-19-39(31)18-16-34(27,2)3)20-26-30(23-12-8-7-9-13-23)38-40-32(36-37-33(26)40)25-14-10-11-15-28(25)41-6;1-20-21(18-25-28-27(20)34(7,8)14-16-38(28)15-13-33(25,5)6)17-24-29(32(2,3)4)37-39-30(35-36-31(24)39)23-19-22(40-9)11-12-26(23)41-10;1-17-19(16-21-24-23(17)28(5,6)11-14-33(24)13-10-27(21,3)4)15-20-18(2)32-34-25(20)30-31-26(34)22-9-7-8-12-29-22;1-5-9-15-34-26(33)24-21(25-28-27-23(32(25)29-24)18-30(6-2)7-3)17-19-12-13-22-20(16-19)11-10-14-31(22)8-4/h7-15,20-21H,16-19H2,1-6H3;11-12,17-19H,13-16H2,1-10H3;7-9,12,15-16H,10-11,13-14H2,1-6H3;12-13,16-17H,5-11,14-15,18H2,1-4H3/b26-20-;24-17-;20-15-;21-17-. The van der Waals surface area contributed by atoms with Crippen molar-refractivity contribution in [2.45, 2.75) is 268 Å². The van der Waals surface area contributed by atoms with E-state index in [2.05, 4.69) is 303 Å². The third kappa shape index (κ3) is 18.7. The summed E-state index contributed by atoms with van der Waals surface area (Å²) >= 11 is 0. The van der Waals surface area contributed by atoms with Crippen LogP contribution in [-0.4, -0.2) is 188 Å². The van der Waals surface area contributed by atoms with Crippen LogP contribution in [0.25, 0.3) is 92.4 Å². The SMILES string of the molecule is CCCCOC(=O)c1nn2c(CN(CC)CC)nnc2/c1=C\c1ccc2c(c1)CCCN2CC.COc1ccc(OC)c(-c2nnc3/c(=C\c4cc5c6c(c4C)C(C)(C)CCN6CCC5(C)C)c(C(C)(C)C)nn23)c1.COc1ccccc1-c1nnc2/c(=C\c3cc4c5c(c3C)C(C)(C)CCN5CCC4(C)C)c(-c3ccccc3)nn12.Cc1c(/C=c2/c(C)nn3c(-c4ccccn4)nnc23)cc2c3c1C(C)(C)CCN3CCC2(C)C. The average molecular weight is 2010 g/mol. The molecule has 780 valence electrons. The first-order chi connectivity index (χ1) is 71.7. The predicted octanol–water partition coefficient (Wildman–Crippen LogP) is 20.4. The normalized spacial score (nSPS) is 17.3. The number of benzene rings is 7. The van der Waals surface area contributed by atoms with Crippen LogP contribution in [0.3, 0.4) is 0 Å². The van der Waals surface area contributed by atoms with E-state index in [0.717, 1.165) is 212 Å². The highest BCUT2D eigenvalue weighted by Gasteiger charge is 2.46. The van der Waals surface area contributed by atoms with Crippen LogP contribution in [0.2, 0.25) is 0 Å². The molecule has 0 N–H and O–H groups in total. The lowest BCUT2D eigenvalue weighted by atomic mass is 9.67. The first-order valence-electron chi connectivity index (χ1n) is 54.2. The Morgan fingerprint density at radius 3 is 1.49 bits per heavy atom. The fourth-order valence-electron chi connectivity index (χ4n) is 24.2. The molecule has 27 nitrogen and oxygen atoms in total. The lowest BCUT2D eigenvalue weighted by Crippen LogP contribution is -2.45. The number of para-hydroxylation sites is 1. The van der Waals surface area contributed by atoms with Gasteiger partial charge in [-0.25, -0.2) is 4.79 Å². The molecule has 0 saturated heterocycles. The van der Waals surface area contributed by atoms with Crippen molar-refractivity contribution in [3.8, 4) is 62.8 Å². The summed E-state index contributed by atoms with van der Waals surface area (Å²) in [6.07, 6.45) is 21.7. The number of ether oxygens (including phenoxy) is 4. The van der Waals surface area contributed by atoms with Gasteiger partial charge in [-0.1, -0.05) is 186 Å². The molecular weight excluding hydrogens is 1870 g/mol. The maximum absolute atomic E-state index is 13.0. The third-order valence-electron chi connectivity index (χ3n) is 33.3. The zero-order chi connectivity index (χ0) is 106. The first kappa shape index (κ1) is 103. The second-order valence-electron chi connectivity index (χ2n) is 47.0. The number of aryl methyl sites for hydroxylation is 2. The van der Waals surface area contributed by atoms with Crippen LogP contribution in [0.15, 0.2) is 134 Å². The molecule has 0 unspecified atom stereocenters. The predicted molar refractivity (Wildman–Crippen MR) is 601 cm³/mol. The highest BCUT2D eigenvalue weighted by atomic mass is 16.5. The van der Waals surface area contributed by atoms with E-state index < -0.39 is 5.97 Å². The quantitative estimate of drug-likeness (QED) is 0.0507. The molecule has 0 amide bonds. The topological polar surface area (TPSA) is 255 Å². The summed E-state index contributed by atoms with van der Waals surface area (Å²) < 4.78 is 29.7. The van der Waals surface area contributed by atoms with Gasteiger partial charge in [-0.3, -0.25) is 9.88 Å². The fraction of sp³-hybridized carbons (Fsp3) is 0.447. The molecule has 0 fully saturated rings. The summed E-state index contributed by atoms with van der Waals surface area (Å²) in [7, 11) is 5.00. The van der Waals surface area contributed by atoms with E-state index in [1.807, 2.05) is 86.4 Å². The number of hydrogen-bond acceptors (Lipinski definition) is 23. The Kier molecular flexibility index (Phi) is 27.5. The second-order valence-corrected chi connectivity index (χ2v) is 47.0. The van der Waals surface area contributed by atoms with E-state index in [1.54, 1.807) is 32.0 Å². The van der Waals surface area contributed by atoms with Crippen molar-refractivity contribution in [2.24, 2.45) is 0 Å². The molecule has 7 aromatic carbocycles. The van der Waals surface area contributed by atoms with Gasteiger partial charge in [0.05, 0.1) is 62.2 Å². The molecular formula is C123H148N22O5. The number of carbonyl (C=O) groups excluding carboxylic acids is 1. The number of aromatic nitrogens is 17. The Morgan fingerprint density at radius 2 is 0.947 bits per heavy atom. The molecule has 0 spiro atoms. The van der Waals surface area contributed by atoms with Crippen LogP contribution in [0.1, 0.15) is 295 Å². The first-order valence-corrected chi connectivity index (χ1v) is 54.2. The maximum atomic E-state index is 13.0. The average Bonchev–Trinajstić information content (AvgIpc) is 0.995. The van der Waals surface area contributed by atoms with Gasteiger partial charge in [0.1, 0.15) is 28.6 Å². The number of carbonyl (C=O) groups is 1. The van der Waals surface area contributed by atoms with Crippen LogP contribution < -0.4 is 54.7 Å². The number of nitrogens with zero attached hydrogens (tertiary/aromatic N) is 22. The Balaban J connectivity index is 0.000000121. The minimum Gasteiger partial charge on any atom is -0.497 e. The molecule has 0 atom stereocenters. The lowest BCUT2D eigenvalue weighted by molar-refractivity contribution is 0.0490. The van der Waals surface area contributed by atoms with E-state index in [9.17, 15) is 4.79 Å². The molecule has 16 heterocycles. The van der Waals surface area contributed by atoms with Crippen molar-refractivity contribution in [3.63, 3.8) is 0 Å². The Bertz CT molecular complexity index is 8110. The van der Waals surface area contributed by atoms with Gasteiger partial charge < -0.3 is 38.5 Å². The summed E-state index contributed by atoms with van der Waals surface area (Å²) in [5.41, 5.74) is 34.9. The number of rotatable bonds is 20. The van der Waals surface area contributed by atoms with Gasteiger partial charge in [-0.05, 0) is 313 Å². The highest BCUT2D eigenvalue weighted by molar-refractivity contribution is 5.90. The van der Waals surface area contributed by atoms with Crippen LogP contribution in [-0.2, 0) is 55.6 Å². The van der Waals surface area contributed by atoms with E-state index in [1.165, 1.54) is 108 Å². The Labute approximate surface area is 882 Å². The van der Waals surface area contributed by atoms with Crippen LogP contribution >= 0.6 is 0 Å². The third-order valence-corrected chi connectivity index (χ3v) is 33.3. The smallest absolute Gasteiger partial charge is 0.359 e. The Hall–Kier alpha value is -14.1. The van der Waals surface area contributed by atoms with E-state index in [-0.39, 0.29) is 37.9 Å². The minimum absolute atomic E-state index is 0.107. The van der Waals surface area contributed by atoms with Crippen LogP contribution in [0, 0.1) is 27.7 Å². The molecule has 0 radical (unpaired) electrons. The van der Waals surface area contributed by atoms with Crippen molar-refractivity contribution < 1.29 is 23.7 Å². The van der Waals surface area contributed by atoms with Gasteiger partial charge in [0.25, 0.3) is 0 Å². The molecule has 150 heavy (non-hydrogen) atoms. The van der Waals surface area contributed by atoms with Crippen molar-refractivity contribution in [2.75, 3.05) is 113 Å². The number of methoxy groups -OCH3 is 3. The number of esters is 1. The van der Waals surface area contributed by atoms with E-state index in [4.69, 9.17) is 44.4 Å². The molecule has 23 rings (SSSR count). The summed E-state index contributed by atoms with van der Waals surface area (Å²) in [6.45, 7) is 64.6. The van der Waals surface area contributed by atoms with Crippen molar-refractivity contribution in [1.29, 1.82) is 0 Å². The molecule has 0 aliphatic carbocycles. The second kappa shape index (κ2) is 40.0. The van der Waals surface area contributed by atoms with Gasteiger partial charge in [0, 0.05) is 108 Å². The minimum atomic E-state index is -0.408. The molecule has 0 saturated carbocycles. The van der Waals surface area contributed by atoms with Crippen LogP contribution in [0.5, 0.6) is 17.2 Å². The Morgan fingerprint density at radius 1 is 0.453 bits per heavy atom. The largest absolute Gasteiger partial charge is 0.497 e. The highest BCUT2D eigenvalue weighted by Crippen LogP contribution is 2.56. The monoisotopic (exact) mass is 2010 g/mol. The molecule has 9 aromatic heterocycles. The van der Waals surface area contributed by atoms with Crippen molar-refractivity contribution >= 4 is 75.6 Å². The van der Waals surface area contributed by atoms with Crippen LogP contribution in [0.4, 0.5) is 22.7 Å². The summed E-state index contributed by atoms with van der Waals surface area (Å²) in [6, 6.07) is 43.6. The van der Waals surface area contributed by atoms with E-state index in [0.29, 0.717) is 52.9 Å². The number of anilines is 4. The molecule has 7 aliphatic rings. The molecule has 27 heteroatoms. The van der Waals surface area contributed by atoms with Gasteiger partial charge in [-0.15, -0.1) is 40.8 Å². The molecule has 16 aromatic rings. The molecule has 7 aliphatic heterocycles. The van der Waals surface area contributed by atoms with Gasteiger partial charge in [0.15, 0.2) is 45.8 Å². The lowest BCUT2D eigenvalue weighted by Gasteiger charge is -2.49. The summed E-state index contributed by atoms with van der Waals surface area (Å²) in [5.74, 6) is 4.47. The summed E-state index contributed by atoms with van der Waals surface area (Å²) in [4.78, 5) is 30.0.